The summed E-state index contributed by atoms with van der Waals surface area (Å²) in [5, 5.41) is 1.35. The Labute approximate surface area is 231 Å². The first-order valence-corrected chi connectivity index (χ1v) is 13.0. The van der Waals surface area contributed by atoms with Crippen molar-refractivity contribution in [3.8, 4) is 23.0 Å². The van der Waals surface area contributed by atoms with Gasteiger partial charge in [0, 0.05) is 35.7 Å². The van der Waals surface area contributed by atoms with Crippen molar-refractivity contribution in [1.82, 2.24) is 0 Å². The zero-order valence-electron chi connectivity index (χ0n) is 23.5. The highest BCUT2D eigenvalue weighted by atomic mass is 16.5. The molecular weight excluding hydrogens is 512 g/mol. The molecule has 2 aromatic heterocycles. The van der Waals surface area contributed by atoms with Crippen LogP contribution >= 0.6 is 0 Å². The molecule has 4 aromatic rings. The van der Waals surface area contributed by atoms with Gasteiger partial charge in [-0.3, -0.25) is 0 Å². The van der Waals surface area contributed by atoms with Gasteiger partial charge in [-0.25, -0.2) is 9.59 Å². The van der Waals surface area contributed by atoms with Crippen molar-refractivity contribution in [3.05, 3.63) is 86.1 Å². The van der Waals surface area contributed by atoms with Crippen LogP contribution in [0.4, 0.5) is 0 Å². The molecular formula is C32H32O8. The molecule has 0 saturated carbocycles. The van der Waals surface area contributed by atoms with Crippen LogP contribution in [0.25, 0.3) is 28.0 Å². The number of rotatable bonds is 7. The molecule has 0 saturated heterocycles. The normalized spacial score (nSPS) is 19.1. The van der Waals surface area contributed by atoms with Crippen LogP contribution in [0.5, 0.6) is 23.0 Å². The number of hydrogen-bond acceptors (Lipinski definition) is 8. The molecule has 0 N–H and O–H groups in total. The Morgan fingerprint density at radius 1 is 0.800 bits per heavy atom. The van der Waals surface area contributed by atoms with E-state index in [2.05, 4.69) is 26.0 Å². The van der Waals surface area contributed by atoms with E-state index in [1.807, 2.05) is 12.1 Å². The number of methoxy groups -OCH3 is 4. The second-order valence-corrected chi connectivity index (χ2v) is 10.2. The van der Waals surface area contributed by atoms with Crippen molar-refractivity contribution in [2.24, 2.45) is 5.41 Å². The van der Waals surface area contributed by atoms with Crippen molar-refractivity contribution in [2.45, 2.75) is 32.6 Å². The third-order valence-corrected chi connectivity index (χ3v) is 7.78. The van der Waals surface area contributed by atoms with E-state index >= 15 is 0 Å². The van der Waals surface area contributed by atoms with Gasteiger partial charge in [-0.05, 0) is 37.3 Å². The summed E-state index contributed by atoms with van der Waals surface area (Å²) in [6.45, 7) is 4.25. The highest BCUT2D eigenvalue weighted by molar-refractivity contribution is 5.93. The van der Waals surface area contributed by atoms with E-state index in [-0.39, 0.29) is 5.92 Å². The molecule has 0 aliphatic heterocycles. The summed E-state index contributed by atoms with van der Waals surface area (Å²) in [6, 6.07) is 9.76. The van der Waals surface area contributed by atoms with Crippen LogP contribution in [0.2, 0.25) is 0 Å². The lowest BCUT2D eigenvalue weighted by molar-refractivity contribution is 0.320. The maximum atomic E-state index is 12.4. The first-order valence-electron chi connectivity index (χ1n) is 13.0. The van der Waals surface area contributed by atoms with E-state index in [0.717, 1.165) is 18.4 Å². The Bertz CT molecular complexity index is 1770. The van der Waals surface area contributed by atoms with Gasteiger partial charge in [-0.1, -0.05) is 30.7 Å². The zero-order chi connectivity index (χ0) is 28.6. The van der Waals surface area contributed by atoms with Gasteiger partial charge in [0.15, 0.2) is 5.58 Å². The van der Waals surface area contributed by atoms with Crippen LogP contribution in [0.3, 0.4) is 0 Å². The van der Waals surface area contributed by atoms with Crippen LogP contribution < -0.4 is 30.2 Å². The molecule has 8 nitrogen and oxygen atoms in total. The fourth-order valence-electron chi connectivity index (χ4n) is 5.58. The summed E-state index contributed by atoms with van der Waals surface area (Å²) in [5.74, 6) is 1.95. The van der Waals surface area contributed by atoms with Crippen molar-refractivity contribution >= 4 is 28.0 Å². The Kier molecular flexibility index (Phi) is 7.19. The topological polar surface area (TPSA) is 97.3 Å². The van der Waals surface area contributed by atoms with Gasteiger partial charge >= 0.3 is 11.3 Å². The molecule has 2 heterocycles. The number of allylic oxidation sites excluding steroid dienone is 3. The Morgan fingerprint density at radius 2 is 1.35 bits per heavy atom. The summed E-state index contributed by atoms with van der Waals surface area (Å²) < 4.78 is 34.1. The third-order valence-electron chi connectivity index (χ3n) is 7.78. The van der Waals surface area contributed by atoms with Crippen LogP contribution in [0.1, 0.15) is 43.7 Å². The summed E-state index contributed by atoms with van der Waals surface area (Å²) in [5.41, 5.74) is 2.04. The highest BCUT2D eigenvalue weighted by Gasteiger charge is 2.38. The molecule has 1 aliphatic rings. The average Bonchev–Trinajstić information content (AvgIpc) is 2.96. The molecule has 5 rings (SSSR count). The van der Waals surface area contributed by atoms with Gasteiger partial charge in [-0.15, -0.1) is 0 Å². The number of ether oxygens (including phenoxy) is 4. The van der Waals surface area contributed by atoms with E-state index in [9.17, 15) is 9.59 Å². The second kappa shape index (κ2) is 10.6. The van der Waals surface area contributed by atoms with Crippen LogP contribution in [-0.4, -0.2) is 28.4 Å². The van der Waals surface area contributed by atoms with E-state index < -0.39 is 16.7 Å². The Hall–Kier alpha value is -4.46. The maximum Gasteiger partial charge on any atom is 0.336 e. The molecule has 208 valence electrons. The van der Waals surface area contributed by atoms with Crippen molar-refractivity contribution < 1.29 is 27.8 Å². The predicted octanol–water partition coefficient (Wildman–Crippen LogP) is 6.48. The Morgan fingerprint density at radius 3 is 1.95 bits per heavy atom. The van der Waals surface area contributed by atoms with Crippen LogP contribution in [0, 0.1) is 5.41 Å². The number of benzene rings is 2. The molecule has 0 amide bonds. The van der Waals surface area contributed by atoms with Gasteiger partial charge in [0.25, 0.3) is 0 Å². The minimum Gasteiger partial charge on any atom is -0.496 e. The van der Waals surface area contributed by atoms with Crippen LogP contribution in [0.15, 0.2) is 72.5 Å². The predicted molar refractivity (Wildman–Crippen MR) is 154 cm³/mol. The van der Waals surface area contributed by atoms with Gasteiger partial charge < -0.3 is 27.8 Å². The molecule has 40 heavy (non-hydrogen) atoms. The van der Waals surface area contributed by atoms with E-state index in [1.165, 1.54) is 17.7 Å². The highest BCUT2D eigenvalue weighted by Crippen LogP contribution is 2.52. The van der Waals surface area contributed by atoms with Crippen LogP contribution in [-0.2, 0) is 0 Å². The van der Waals surface area contributed by atoms with E-state index in [1.54, 1.807) is 46.6 Å². The van der Waals surface area contributed by atoms with Gasteiger partial charge in [-0.2, -0.15) is 0 Å². The zero-order valence-corrected chi connectivity index (χ0v) is 23.5. The molecule has 2 atom stereocenters. The summed E-state index contributed by atoms with van der Waals surface area (Å²) in [7, 11) is 6.28. The number of fused-ring (bicyclic) bond motifs is 2. The van der Waals surface area contributed by atoms with Gasteiger partial charge in [0.05, 0.1) is 44.8 Å². The minimum absolute atomic E-state index is 0.214. The lowest BCUT2D eigenvalue weighted by Gasteiger charge is -2.39. The van der Waals surface area contributed by atoms with Gasteiger partial charge in [0.1, 0.15) is 28.6 Å². The SMILES string of the molecule is COc1cc(OC)c2ccc(=O)oc2c1C=CC1(C)CCC(C)=CC1c1c(OC)cc(OC)c2ccc(=O)oc12. The second-order valence-electron chi connectivity index (χ2n) is 10.2. The monoisotopic (exact) mass is 544 g/mol. The van der Waals surface area contributed by atoms with E-state index in [4.69, 9.17) is 27.8 Å². The quantitative estimate of drug-likeness (QED) is 0.193. The average molecular weight is 545 g/mol. The van der Waals surface area contributed by atoms with Crippen molar-refractivity contribution in [1.29, 1.82) is 0 Å². The molecule has 2 aromatic carbocycles. The third kappa shape index (κ3) is 4.63. The fourth-order valence-corrected chi connectivity index (χ4v) is 5.58. The molecule has 1 aliphatic carbocycles. The summed E-state index contributed by atoms with van der Waals surface area (Å²) >= 11 is 0. The van der Waals surface area contributed by atoms with Crippen molar-refractivity contribution in [3.63, 3.8) is 0 Å². The molecule has 0 fully saturated rings. The Balaban J connectivity index is 1.75. The number of hydrogen-bond donors (Lipinski definition) is 0. The molecule has 0 radical (unpaired) electrons. The molecule has 8 heteroatoms. The smallest absolute Gasteiger partial charge is 0.336 e. The summed E-state index contributed by atoms with van der Waals surface area (Å²) in [6.07, 6.45) is 7.93. The first kappa shape index (κ1) is 27.1. The van der Waals surface area contributed by atoms with E-state index in [0.29, 0.717) is 50.5 Å². The summed E-state index contributed by atoms with van der Waals surface area (Å²) in [4.78, 5) is 24.6. The first-order chi connectivity index (χ1) is 19.2. The minimum atomic E-state index is -0.470. The van der Waals surface area contributed by atoms with Crippen molar-refractivity contribution in [2.75, 3.05) is 28.4 Å². The fraction of sp³-hybridized carbons (Fsp3) is 0.312. The van der Waals surface area contributed by atoms with Gasteiger partial charge in [0.2, 0.25) is 0 Å². The standard InChI is InChI=1S/C32H32O8/c1-18-11-13-32(2,14-12-21-24(36-4)16-23(35-3)19-7-9-27(33)39-30(19)21)22(15-18)29-26(38-6)17-25(37-5)20-8-10-28(34)40-31(20)29/h7-10,12,14-17,22H,11,13H2,1-6H3. The molecule has 0 bridgehead atoms. The largest absolute Gasteiger partial charge is 0.496 e. The lowest BCUT2D eigenvalue weighted by Crippen LogP contribution is -2.26. The maximum absolute atomic E-state index is 12.4. The molecule has 0 spiro atoms. The lowest BCUT2D eigenvalue weighted by atomic mass is 9.65. The molecule has 2 unspecified atom stereocenters.